The second kappa shape index (κ2) is 3.91. The summed E-state index contributed by atoms with van der Waals surface area (Å²) >= 11 is 0. The van der Waals surface area contributed by atoms with E-state index in [1.165, 1.54) is 12.1 Å². The van der Waals surface area contributed by atoms with Gasteiger partial charge in [0, 0.05) is 24.1 Å². The fourth-order valence-electron chi connectivity index (χ4n) is 2.74. The Morgan fingerprint density at radius 1 is 1.39 bits per heavy atom. The molecule has 1 aromatic rings. The highest BCUT2D eigenvalue weighted by molar-refractivity contribution is 5.48. The number of piperidine rings is 1. The molecule has 0 radical (unpaired) electrons. The maximum atomic E-state index is 13.6. The zero-order chi connectivity index (χ0) is 12.8. The summed E-state index contributed by atoms with van der Waals surface area (Å²) in [6, 6.07) is 2.55. The summed E-state index contributed by atoms with van der Waals surface area (Å²) in [5, 5.41) is 12.1. The van der Waals surface area contributed by atoms with Crippen LogP contribution in [0.15, 0.2) is 12.1 Å². The van der Waals surface area contributed by atoms with E-state index in [-0.39, 0.29) is 11.3 Å². The van der Waals surface area contributed by atoms with Gasteiger partial charge in [0.2, 0.25) is 5.82 Å². The van der Waals surface area contributed by atoms with Gasteiger partial charge < -0.3 is 10.1 Å². The van der Waals surface area contributed by atoms with Gasteiger partial charge in [0.1, 0.15) is 11.4 Å². The lowest BCUT2D eigenvalue weighted by Crippen LogP contribution is -2.45. The zero-order valence-corrected chi connectivity index (χ0v) is 9.78. The van der Waals surface area contributed by atoms with Crippen molar-refractivity contribution in [2.24, 2.45) is 0 Å². The highest BCUT2D eigenvalue weighted by Gasteiger charge is 2.41. The van der Waals surface area contributed by atoms with Gasteiger partial charge in [-0.2, -0.15) is 4.39 Å². The van der Waals surface area contributed by atoms with Gasteiger partial charge >= 0.3 is 5.69 Å². The molecule has 0 aliphatic carbocycles. The Morgan fingerprint density at radius 2 is 2.11 bits per heavy atom. The Balaban J connectivity index is 1.95. The van der Waals surface area contributed by atoms with Crippen molar-refractivity contribution in [3.63, 3.8) is 0 Å². The van der Waals surface area contributed by atoms with Crippen LogP contribution in [-0.4, -0.2) is 28.8 Å². The van der Waals surface area contributed by atoms with Crippen LogP contribution in [0.2, 0.25) is 0 Å². The third kappa shape index (κ3) is 1.73. The molecule has 0 saturated carbocycles. The summed E-state index contributed by atoms with van der Waals surface area (Å²) in [5.41, 5.74) is 0.147. The van der Waals surface area contributed by atoms with Gasteiger partial charge in [0.05, 0.1) is 4.91 Å². The van der Waals surface area contributed by atoms with Gasteiger partial charge in [-0.25, -0.2) is 5.21 Å². The van der Waals surface area contributed by atoms with Gasteiger partial charge in [0.25, 0.3) is 4.92 Å². The number of nitrogens with one attached hydrogen (secondary N) is 1. The van der Waals surface area contributed by atoms with Crippen LogP contribution in [-0.2, 0) is 6.42 Å². The van der Waals surface area contributed by atoms with E-state index >= 15 is 0 Å². The van der Waals surface area contributed by atoms with E-state index in [0.717, 1.165) is 31.5 Å². The van der Waals surface area contributed by atoms with Crippen LogP contribution < -0.4 is 10.1 Å². The topological polar surface area (TPSA) is 61.6 Å². The second-order valence-corrected chi connectivity index (χ2v) is 4.90. The number of hydrogen-bond donors (Lipinski definition) is 2. The SMILES string of the molecule is O=[N+](O)c1cc2c(cc1F)OC1(CCNCC1)C2. The normalized spacial score (nSPS) is 20.5. The molecule has 18 heavy (non-hydrogen) atoms. The molecule has 2 N–H and O–H groups in total. The van der Waals surface area contributed by atoms with Crippen molar-refractivity contribution in [1.29, 1.82) is 0 Å². The maximum absolute atomic E-state index is 13.6. The largest absolute Gasteiger partial charge is 0.486 e. The minimum atomic E-state index is -0.766. The molecular formula is C12H14FN2O3+. The molecule has 1 fully saturated rings. The Labute approximate surface area is 103 Å². The summed E-state index contributed by atoms with van der Waals surface area (Å²) in [4.78, 5) is 10.4. The van der Waals surface area contributed by atoms with Crippen LogP contribution in [0.25, 0.3) is 0 Å². The van der Waals surface area contributed by atoms with E-state index in [1.54, 1.807) is 0 Å². The first kappa shape index (κ1) is 11.4. The lowest BCUT2D eigenvalue weighted by Gasteiger charge is -2.33. The van der Waals surface area contributed by atoms with Crippen molar-refractivity contribution in [2.45, 2.75) is 24.9 Å². The molecule has 6 heteroatoms. The first-order valence-corrected chi connectivity index (χ1v) is 5.98. The van der Waals surface area contributed by atoms with Crippen molar-refractivity contribution in [2.75, 3.05) is 13.1 Å². The Bertz CT molecular complexity index is 512. The van der Waals surface area contributed by atoms with E-state index in [0.29, 0.717) is 12.2 Å². The third-order valence-corrected chi connectivity index (χ3v) is 3.69. The first-order chi connectivity index (χ1) is 8.60. The maximum Gasteiger partial charge on any atom is 0.352 e. The second-order valence-electron chi connectivity index (χ2n) is 4.90. The van der Waals surface area contributed by atoms with E-state index in [9.17, 15) is 9.30 Å². The molecular weight excluding hydrogens is 239 g/mol. The summed E-state index contributed by atoms with van der Waals surface area (Å²) in [6.45, 7) is 1.74. The fraction of sp³-hybridized carbons (Fsp3) is 0.500. The molecule has 2 aliphatic rings. The van der Waals surface area contributed by atoms with Crippen LogP contribution in [0.1, 0.15) is 18.4 Å². The van der Waals surface area contributed by atoms with Crippen molar-refractivity contribution in [1.82, 2.24) is 5.32 Å². The molecule has 1 spiro atoms. The van der Waals surface area contributed by atoms with Crippen LogP contribution in [0, 0.1) is 10.7 Å². The number of nitrogens with zero attached hydrogens (tertiary/aromatic N) is 1. The molecule has 0 bridgehead atoms. The summed E-state index contributed by atoms with van der Waals surface area (Å²) in [5.74, 6) is -0.280. The lowest BCUT2D eigenvalue weighted by molar-refractivity contribution is -0.730. The van der Waals surface area contributed by atoms with Gasteiger partial charge in [-0.15, -0.1) is 0 Å². The number of halogens is 1. The van der Waals surface area contributed by atoms with E-state index in [2.05, 4.69) is 5.32 Å². The number of ether oxygens (including phenoxy) is 1. The minimum absolute atomic E-state index is 0.276. The first-order valence-electron chi connectivity index (χ1n) is 5.98. The average molecular weight is 253 g/mol. The Kier molecular flexibility index (Phi) is 2.48. The summed E-state index contributed by atoms with van der Waals surface area (Å²) < 4.78 is 19.4. The molecule has 96 valence electrons. The number of fused-ring (bicyclic) bond motifs is 1. The minimum Gasteiger partial charge on any atom is -0.486 e. The molecule has 5 nitrogen and oxygen atoms in total. The standard InChI is InChI=1S/C12H14FN2O3/c13-9-6-11-8(5-10(9)15(16)17)7-12(18-11)1-3-14-4-2-12/h5-6,14H,1-4,7H2,(H,16,17)/q+1. The van der Waals surface area contributed by atoms with Crippen molar-refractivity contribution < 1.29 is 19.3 Å². The van der Waals surface area contributed by atoms with Gasteiger partial charge in [-0.1, -0.05) is 0 Å². The predicted octanol–water partition coefficient (Wildman–Crippen LogP) is 1.68. The number of hydrogen-bond acceptors (Lipinski definition) is 3. The average Bonchev–Trinajstić information content (AvgIpc) is 2.65. The van der Waals surface area contributed by atoms with Crippen molar-refractivity contribution in [3.05, 3.63) is 28.4 Å². The molecule has 1 saturated heterocycles. The highest BCUT2D eigenvalue weighted by atomic mass is 19.1. The Hall–Kier alpha value is -1.69. The number of rotatable bonds is 1. The molecule has 3 rings (SSSR count). The summed E-state index contributed by atoms with van der Waals surface area (Å²) in [6.07, 6.45) is 2.38. The Morgan fingerprint density at radius 3 is 2.78 bits per heavy atom. The van der Waals surface area contributed by atoms with Crippen LogP contribution in [0.4, 0.5) is 10.1 Å². The van der Waals surface area contributed by atoms with Crippen molar-refractivity contribution in [3.8, 4) is 5.75 Å². The van der Waals surface area contributed by atoms with E-state index in [4.69, 9.17) is 9.94 Å². The monoisotopic (exact) mass is 253 g/mol. The van der Waals surface area contributed by atoms with Crippen LogP contribution in [0.5, 0.6) is 5.75 Å². The molecule has 0 unspecified atom stereocenters. The van der Waals surface area contributed by atoms with Crippen LogP contribution >= 0.6 is 0 Å². The molecule has 1 aromatic carbocycles. The molecule has 0 atom stereocenters. The molecule has 0 aromatic heterocycles. The van der Waals surface area contributed by atoms with Gasteiger partial charge in [-0.05, 0) is 25.9 Å². The fourth-order valence-corrected chi connectivity index (χ4v) is 2.74. The van der Waals surface area contributed by atoms with Crippen LogP contribution in [0.3, 0.4) is 0 Å². The summed E-state index contributed by atoms with van der Waals surface area (Å²) in [7, 11) is 0. The molecule has 2 aliphatic heterocycles. The van der Waals surface area contributed by atoms with E-state index < -0.39 is 10.7 Å². The van der Waals surface area contributed by atoms with Gasteiger partial charge in [-0.3, -0.25) is 0 Å². The predicted molar refractivity (Wildman–Crippen MR) is 60.6 cm³/mol. The third-order valence-electron chi connectivity index (χ3n) is 3.69. The molecule has 0 amide bonds. The van der Waals surface area contributed by atoms with Crippen molar-refractivity contribution >= 4 is 5.69 Å². The smallest absolute Gasteiger partial charge is 0.352 e. The lowest BCUT2D eigenvalue weighted by atomic mass is 9.88. The highest BCUT2D eigenvalue weighted by Crippen LogP contribution is 2.42. The quantitative estimate of drug-likeness (QED) is 0.747. The van der Waals surface area contributed by atoms with Gasteiger partial charge in [0.15, 0.2) is 0 Å². The zero-order valence-electron chi connectivity index (χ0n) is 9.78. The van der Waals surface area contributed by atoms with E-state index in [1.807, 2.05) is 0 Å². The molecule has 2 heterocycles. The number of benzene rings is 1.